The molecule has 0 aliphatic rings. The SMILES string of the molecule is N#Cc1ccc(Nn2cnc3ccccc32)cc1-c1ccccn1. The summed E-state index contributed by atoms with van der Waals surface area (Å²) in [6, 6.07) is 21.4. The van der Waals surface area contributed by atoms with Crippen molar-refractivity contribution >= 4 is 16.7 Å². The summed E-state index contributed by atoms with van der Waals surface area (Å²) in [5.74, 6) is 0. The van der Waals surface area contributed by atoms with Crippen LogP contribution in [0.5, 0.6) is 0 Å². The molecule has 5 nitrogen and oxygen atoms in total. The molecule has 4 aromatic rings. The Morgan fingerprint density at radius 3 is 2.67 bits per heavy atom. The molecule has 0 bridgehead atoms. The molecule has 2 heterocycles. The van der Waals surface area contributed by atoms with E-state index in [0.29, 0.717) is 5.56 Å². The van der Waals surface area contributed by atoms with Gasteiger partial charge >= 0.3 is 0 Å². The minimum atomic E-state index is 0.592. The molecule has 0 amide bonds. The molecule has 0 saturated carbocycles. The molecule has 0 radical (unpaired) electrons. The van der Waals surface area contributed by atoms with Gasteiger partial charge in [-0.2, -0.15) is 5.26 Å². The topological polar surface area (TPSA) is 66.5 Å². The van der Waals surface area contributed by atoms with E-state index in [1.807, 2.05) is 59.3 Å². The molecule has 2 aromatic heterocycles. The van der Waals surface area contributed by atoms with E-state index < -0.39 is 0 Å². The van der Waals surface area contributed by atoms with Crippen molar-refractivity contribution < 1.29 is 0 Å². The molecule has 24 heavy (non-hydrogen) atoms. The first-order chi connectivity index (χ1) is 11.8. The molecule has 0 fully saturated rings. The van der Waals surface area contributed by atoms with E-state index in [1.165, 1.54) is 0 Å². The number of fused-ring (bicyclic) bond motifs is 1. The Kier molecular flexibility index (Phi) is 3.41. The van der Waals surface area contributed by atoms with Gasteiger partial charge in [-0.1, -0.05) is 18.2 Å². The molecule has 2 aromatic carbocycles. The number of nitriles is 1. The van der Waals surface area contributed by atoms with Crippen molar-refractivity contribution in [3.63, 3.8) is 0 Å². The number of anilines is 1. The van der Waals surface area contributed by atoms with Gasteiger partial charge in [0.25, 0.3) is 0 Å². The molecule has 0 atom stereocenters. The third-order valence-electron chi connectivity index (χ3n) is 3.78. The second kappa shape index (κ2) is 5.86. The Morgan fingerprint density at radius 2 is 1.83 bits per heavy atom. The Hall–Kier alpha value is -3.65. The van der Waals surface area contributed by atoms with Crippen molar-refractivity contribution in [2.45, 2.75) is 0 Å². The molecule has 1 N–H and O–H groups in total. The van der Waals surface area contributed by atoms with Crippen LogP contribution in [0.25, 0.3) is 22.3 Å². The summed E-state index contributed by atoms with van der Waals surface area (Å²) in [4.78, 5) is 8.71. The van der Waals surface area contributed by atoms with Gasteiger partial charge in [0.1, 0.15) is 6.33 Å². The summed E-state index contributed by atoms with van der Waals surface area (Å²) in [5, 5.41) is 9.36. The number of hydrogen-bond acceptors (Lipinski definition) is 4. The van der Waals surface area contributed by atoms with E-state index in [0.717, 1.165) is 28.0 Å². The van der Waals surface area contributed by atoms with Crippen LogP contribution in [0.4, 0.5) is 5.69 Å². The Morgan fingerprint density at radius 1 is 0.958 bits per heavy atom. The highest BCUT2D eigenvalue weighted by Crippen LogP contribution is 2.25. The van der Waals surface area contributed by atoms with Crippen molar-refractivity contribution in [3.05, 3.63) is 78.8 Å². The van der Waals surface area contributed by atoms with E-state index in [1.54, 1.807) is 18.6 Å². The van der Waals surface area contributed by atoms with Gasteiger partial charge < -0.3 is 0 Å². The Balaban J connectivity index is 1.76. The summed E-state index contributed by atoms with van der Waals surface area (Å²) < 4.78 is 1.86. The molecule has 0 unspecified atom stereocenters. The number of nitrogens with zero attached hydrogens (tertiary/aromatic N) is 4. The number of aromatic nitrogens is 3. The third-order valence-corrected chi connectivity index (χ3v) is 3.78. The second-order valence-corrected chi connectivity index (χ2v) is 5.30. The van der Waals surface area contributed by atoms with Gasteiger partial charge in [-0.05, 0) is 42.5 Å². The zero-order valence-electron chi connectivity index (χ0n) is 12.7. The largest absolute Gasteiger partial charge is 0.293 e. The smallest absolute Gasteiger partial charge is 0.116 e. The first-order valence-corrected chi connectivity index (χ1v) is 7.50. The van der Waals surface area contributed by atoms with Crippen LogP contribution in [-0.4, -0.2) is 14.6 Å². The fraction of sp³-hybridized carbons (Fsp3) is 0. The first kappa shape index (κ1) is 14.0. The van der Waals surface area contributed by atoms with Crippen molar-refractivity contribution in [1.82, 2.24) is 14.6 Å². The lowest BCUT2D eigenvalue weighted by Crippen LogP contribution is -2.07. The lowest BCUT2D eigenvalue weighted by molar-refractivity contribution is 0.989. The molecular weight excluding hydrogens is 298 g/mol. The Bertz CT molecular complexity index is 1040. The van der Waals surface area contributed by atoms with Crippen molar-refractivity contribution in [3.8, 4) is 17.3 Å². The maximum atomic E-state index is 9.36. The number of pyridine rings is 1. The van der Waals surface area contributed by atoms with Gasteiger partial charge in [-0.15, -0.1) is 0 Å². The maximum Gasteiger partial charge on any atom is 0.116 e. The molecule has 0 aliphatic carbocycles. The van der Waals surface area contributed by atoms with Gasteiger partial charge in [0.2, 0.25) is 0 Å². The number of rotatable bonds is 3. The van der Waals surface area contributed by atoms with Crippen LogP contribution in [0.2, 0.25) is 0 Å². The van der Waals surface area contributed by atoms with Crippen LogP contribution >= 0.6 is 0 Å². The van der Waals surface area contributed by atoms with Crippen molar-refractivity contribution in [2.24, 2.45) is 0 Å². The second-order valence-electron chi connectivity index (χ2n) is 5.30. The summed E-state index contributed by atoms with van der Waals surface area (Å²) in [6.45, 7) is 0. The highest BCUT2D eigenvalue weighted by Gasteiger charge is 2.08. The lowest BCUT2D eigenvalue weighted by Gasteiger charge is -2.11. The molecule has 114 valence electrons. The van der Waals surface area contributed by atoms with Gasteiger partial charge in [-0.25, -0.2) is 9.66 Å². The Labute approximate surface area is 138 Å². The zero-order chi connectivity index (χ0) is 16.4. The molecule has 5 heteroatoms. The maximum absolute atomic E-state index is 9.36. The standard InChI is InChI=1S/C19H13N5/c20-12-14-8-9-15(11-16(14)17-5-3-4-10-21-17)23-24-13-22-18-6-1-2-7-19(18)24/h1-11,13,23H. The van der Waals surface area contributed by atoms with Gasteiger partial charge in [0, 0.05) is 11.8 Å². The van der Waals surface area contributed by atoms with Crippen LogP contribution < -0.4 is 5.43 Å². The van der Waals surface area contributed by atoms with E-state index in [9.17, 15) is 5.26 Å². The quantitative estimate of drug-likeness (QED) is 0.624. The average Bonchev–Trinajstić information content (AvgIpc) is 3.05. The highest BCUT2D eigenvalue weighted by atomic mass is 15.4. The fourth-order valence-corrected chi connectivity index (χ4v) is 2.63. The normalized spacial score (nSPS) is 10.5. The van der Waals surface area contributed by atoms with Gasteiger partial charge in [-0.3, -0.25) is 10.4 Å². The summed E-state index contributed by atoms with van der Waals surface area (Å²) in [7, 11) is 0. The number of benzene rings is 2. The van der Waals surface area contributed by atoms with E-state index in [4.69, 9.17) is 0 Å². The van der Waals surface area contributed by atoms with Crippen LogP contribution in [0, 0.1) is 11.3 Å². The number of hydrogen-bond donors (Lipinski definition) is 1. The van der Waals surface area contributed by atoms with Crippen LogP contribution in [0.1, 0.15) is 5.56 Å². The van der Waals surface area contributed by atoms with Crippen LogP contribution in [0.3, 0.4) is 0 Å². The van der Waals surface area contributed by atoms with Gasteiger partial charge in [0.15, 0.2) is 0 Å². The van der Waals surface area contributed by atoms with Gasteiger partial charge in [0.05, 0.1) is 34.0 Å². The van der Waals surface area contributed by atoms with Crippen LogP contribution in [0.15, 0.2) is 73.2 Å². The van der Waals surface area contributed by atoms with Crippen LogP contribution in [-0.2, 0) is 0 Å². The van der Waals surface area contributed by atoms with Crippen molar-refractivity contribution in [1.29, 1.82) is 5.26 Å². The summed E-state index contributed by atoms with van der Waals surface area (Å²) >= 11 is 0. The summed E-state index contributed by atoms with van der Waals surface area (Å²) in [5.41, 5.74) is 8.23. The minimum Gasteiger partial charge on any atom is -0.293 e. The lowest BCUT2D eigenvalue weighted by atomic mass is 10.0. The monoisotopic (exact) mass is 311 g/mol. The first-order valence-electron chi connectivity index (χ1n) is 7.50. The van der Waals surface area contributed by atoms with E-state index >= 15 is 0 Å². The predicted octanol–water partition coefficient (Wildman–Crippen LogP) is 3.85. The zero-order valence-corrected chi connectivity index (χ0v) is 12.7. The molecule has 0 aliphatic heterocycles. The highest BCUT2D eigenvalue weighted by molar-refractivity contribution is 5.77. The molecule has 4 rings (SSSR count). The average molecular weight is 311 g/mol. The predicted molar refractivity (Wildman–Crippen MR) is 93.1 cm³/mol. The molecule has 0 saturated heterocycles. The van der Waals surface area contributed by atoms with Crippen molar-refractivity contribution in [2.75, 3.05) is 5.43 Å². The number of nitrogens with one attached hydrogen (secondary N) is 1. The summed E-state index contributed by atoms with van der Waals surface area (Å²) in [6.07, 6.45) is 3.46. The number of imidazole rings is 1. The minimum absolute atomic E-state index is 0.592. The molecular formula is C19H13N5. The fourth-order valence-electron chi connectivity index (χ4n) is 2.63. The third kappa shape index (κ3) is 2.46. The van der Waals surface area contributed by atoms with E-state index in [-0.39, 0.29) is 0 Å². The number of para-hydroxylation sites is 2. The molecule has 0 spiro atoms. The van der Waals surface area contributed by atoms with E-state index in [2.05, 4.69) is 21.5 Å².